The zero-order valence-corrected chi connectivity index (χ0v) is 26.6. The number of carboxylic acids is 1. The van der Waals surface area contributed by atoms with Crippen LogP contribution < -0.4 is 0 Å². The van der Waals surface area contributed by atoms with Crippen molar-refractivity contribution in [2.75, 3.05) is 0 Å². The van der Waals surface area contributed by atoms with Gasteiger partial charge in [-0.2, -0.15) is 0 Å². The van der Waals surface area contributed by atoms with Crippen LogP contribution in [0.25, 0.3) is 0 Å². The Morgan fingerprint density at radius 2 is 0.635 bits per heavy atom. The zero-order chi connectivity index (χ0) is 41.1. The molecule has 0 amide bonds. The summed E-state index contributed by atoms with van der Waals surface area (Å²) in [6.45, 7) is 0.507. The fourth-order valence-corrected chi connectivity index (χ4v) is 6.78. The molecule has 7 atom stereocenters. The summed E-state index contributed by atoms with van der Waals surface area (Å²) in [6, 6.07) is 0. The van der Waals surface area contributed by atoms with Gasteiger partial charge in [0.05, 0.1) is 0 Å². The molecule has 0 saturated carbocycles. The number of allylic oxidation sites excluding steroid dienone is 1. The minimum Gasteiger partial charge on any atom is -0.478 e. The average molecular weight is 815 g/mol. The molecule has 0 aromatic rings. The molecule has 0 saturated heterocycles. The van der Waals surface area contributed by atoms with Crippen molar-refractivity contribution < 1.29 is 102 Å². The number of halogens is 21. The maximum Gasteiger partial charge on any atom is 0.330 e. The van der Waals surface area contributed by atoms with Gasteiger partial charge in [0.1, 0.15) is 0 Å². The monoisotopic (exact) mass is 814 g/mol. The van der Waals surface area contributed by atoms with E-state index in [-0.39, 0.29) is 6.08 Å². The molecular formula is C29H35F21O2. The van der Waals surface area contributed by atoms with Crippen molar-refractivity contribution in [3.8, 4) is 0 Å². The standard InChI is InChI=1S/C29H35F21O2/c1-11(26(51)52)2-3-27(4-12(30)19(37)38,5-13(31)20(39)40)29(9-17(35)24(47)48,10-18(36)25(49)50)28(6-14(32)21(41)42,7-15(33)22(43)44)8-16(34)23(45)46/h2,12-25H,3-10H2,1H3,(H,51,52). The number of hydrogen-bond donors (Lipinski definition) is 1. The largest absolute Gasteiger partial charge is 0.478 e. The average Bonchev–Trinajstić information content (AvgIpc) is 3.01. The second-order valence-electron chi connectivity index (χ2n) is 12.4. The van der Waals surface area contributed by atoms with Crippen LogP contribution >= 0.6 is 0 Å². The van der Waals surface area contributed by atoms with E-state index < -0.39 is 167 Å². The van der Waals surface area contributed by atoms with Gasteiger partial charge in [-0.1, -0.05) is 6.08 Å². The van der Waals surface area contributed by atoms with E-state index in [1.807, 2.05) is 0 Å². The van der Waals surface area contributed by atoms with Gasteiger partial charge in [-0.05, 0) is 74.5 Å². The summed E-state index contributed by atoms with van der Waals surface area (Å²) in [7, 11) is 0. The third-order valence-electron chi connectivity index (χ3n) is 9.10. The highest BCUT2D eigenvalue weighted by Gasteiger charge is 2.67. The highest BCUT2D eigenvalue weighted by molar-refractivity contribution is 5.85. The topological polar surface area (TPSA) is 37.3 Å². The van der Waals surface area contributed by atoms with Gasteiger partial charge in [-0.15, -0.1) is 0 Å². The second-order valence-corrected chi connectivity index (χ2v) is 12.4. The Labute approximate surface area is 283 Å². The van der Waals surface area contributed by atoms with Crippen molar-refractivity contribution in [3.63, 3.8) is 0 Å². The SMILES string of the molecule is CC(=CCC(CC(F)C(F)F)(CC(F)C(F)F)C(CC(F)C(F)F)(CC(F)C(F)F)C(CC(F)C(F)F)(CC(F)C(F)F)CC(F)C(F)F)C(=O)O. The summed E-state index contributed by atoms with van der Waals surface area (Å²) < 4.78 is 300. The Hall–Kier alpha value is -2.26. The third-order valence-corrected chi connectivity index (χ3v) is 9.10. The van der Waals surface area contributed by atoms with Crippen LogP contribution in [0.5, 0.6) is 0 Å². The highest BCUT2D eigenvalue weighted by atomic mass is 19.3. The van der Waals surface area contributed by atoms with Gasteiger partial charge in [0, 0.05) is 5.57 Å². The molecule has 0 fully saturated rings. The van der Waals surface area contributed by atoms with Crippen molar-refractivity contribution in [3.05, 3.63) is 11.6 Å². The fourth-order valence-electron chi connectivity index (χ4n) is 6.78. The van der Waals surface area contributed by atoms with Crippen LogP contribution in [0.3, 0.4) is 0 Å². The zero-order valence-electron chi connectivity index (χ0n) is 26.6. The number of aliphatic carboxylic acids is 1. The summed E-state index contributed by atoms with van der Waals surface area (Å²) in [5.74, 6) is -2.11. The van der Waals surface area contributed by atoms with Crippen molar-refractivity contribution in [2.45, 2.75) is 146 Å². The smallest absolute Gasteiger partial charge is 0.330 e. The molecule has 0 aliphatic heterocycles. The summed E-state index contributed by atoms with van der Waals surface area (Å²) in [5.41, 5.74) is -14.3. The number of carboxylic acid groups (broad SMARTS) is 1. The molecule has 0 aromatic carbocycles. The van der Waals surface area contributed by atoms with Crippen LogP contribution in [0, 0.1) is 16.2 Å². The molecule has 0 radical (unpaired) electrons. The van der Waals surface area contributed by atoms with Crippen molar-refractivity contribution in [2.24, 2.45) is 16.2 Å². The van der Waals surface area contributed by atoms with Crippen molar-refractivity contribution >= 4 is 5.97 Å². The minimum absolute atomic E-state index is 0.0452. The molecule has 0 bridgehead atoms. The van der Waals surface area contributed by atoms with Crippen LogP contribution in [0.2, 0.25) is 0 Å². The molecule has 23 heteroatoms. The van der Waals surface area contributed by atoms with E-state index in [1.165, 1.54) is 0 Å². The molecule has 52 heavy (non-hydrogen) atoms. The van der Waals surface area contributed by atoms with Crippen LogP contribution in [0.15, 0.2) is 11.6 Å². The number of carbonyl (C=O) groups is 1. The lowest BCUT2D eigenvalue weighted by Gasteiger charge is -2.63. The lowest BCUT2D eigenvalue weighted by Crippen LogP contribution is -2.61. The van der Waals surface area contributed by atoms with Crippen molar-refractivity contribution in [1.29, 1.82) is 0 Å². The molecule has 0 aliphatic rings. The Morgan fingerprint density at radius 3 is 0.846 bits per heavy atom. The van der Waals surface area contributed by atoms with E-state index in [2.05, 4.69) is 0 Å². The highest BCUT2D eigenvalue weighted by Crippen LogP contribution is 2.69. The van der Waals surface area contributed by atoms with E-state index in [4.69, 9.17) is 0 Å². The summed E-state index contributed by atoms with van der Waals surface area (Å²) in [5, 5.41) is 9.28. The molecule has 310 valence electrons. The maximum absolute atomic E-state index is 15.4. The van der Waals surface area contributed by atoms with Gasteiger partial charge in [-0.3, -0.25) is 0 Å². The Bertz CT molecular complexity index is 1000. The van der Waals surface area contributed by atoms with Gasteiger partial charge in [0.2, 0.25) is 0 Å². The quantitative estimate of drug-likeness (QED) is 0.0698. The van der Waals surface area contributed by atoms with Crippen LogP contribution in [0.4, 0.5) is 92.2 Å². The van der Waals surface area contributed by atoms with Crippen LogP contribution in [-0.2, 0) is 4.79 Å². The van der Waals surface area contributed by atoms with E-state index in [0.29, 0.717) is 6.92 Å². The van der Waals surface area contributed by atoms with Crippen LogP contribution in [-0.4, -0.2) is 99.3 Å². The van der Waals surface area contributed by atoms with E-state index in [9.17, 15) is 71.4 Å². The summed E-state index contributed by atoms with van der Waals surface area (Å²) >= 11 is 0. The number of rotatable bonds is 26. The normalized spacial score (nSPS) is 21.0. The number of alkyl halides is 21. The first-order valence-electron chi connectivity index (χ1n) is 15.0. The van der Waals surface area contributed by atoms with Gasteiger partial charge in [-0.25, -0.2) is 97.0 Å². The maximum atomic E-state index is 15.4. The molecular weight excluding hydrogens is 779 g/mol. The first-order chi connectivity index (χ1) is 23.6. The molecule has 0 heterocycles. The predicted molar refractivity (Wildman–Crippen MR) is 142 cm³/mol. The fraction of sp³-hybridized carbons (Fsp3) is 0.897. The molecule has 0 aliphatic carbocycles. The second kappa shape index (κ2) is 21.0. The van der Waals surface area contributed by atoms with Crippen molar-refractivity contribution in [1.82, 2.24) is 0 Å². The van der Waals surface area contributed by atoms with Gasteiger partial charge in [0.15, 0.2) is 43.2 Å². The lowest BCUT2D eigenvalue weighted by atomic mass is 9.41. The Morgan fingerprint density at radius 1 is 0.423 bits per heavy atom. The molecule has 2 nitrogen and oxygen atoms in total. The molecule has 0 aromatic heterocycles. The third kappa shape index (κ3) is 13.2. The predicted octanol–water partition coefficient (Wildman–Crippen LogP) is 11.3. The summed E-state index contributed by atoms with van der Waals surface area (Å²) in [6.07, 6.45) is -82.0. The van der Waals surface area contributed by atoms with E-state index >= 15 is 30.7 Å². The molecule has 7 unspecified atom stereocenters. The first kappa shape index (κ1) is 49.7. The molecule has 0 spiro atoms. The van der Waals surface area contributed by atoms with Gasteiger partial charge >= 0.3 is 5.97 Å². The first-order valence-corrected chi connectivity index (χ1v) is 15.0. The van der Waals surface area contributed by atoms with Gasteiger partial charge < -0.3 is 5.11 Å². The Kier molecular flexibility index (Phi) is 20.1. The minimum atomic E-state index is -4.60. The van der Waals surface area contributed by atoms with Crippen LogP contribution in [0.1, 0.15) is 58.3 Å². The van der Waals surface area contributed by atoms with Gasteiger partial charge in [0.25, 0.3) is 45.0 Å². The molecule has 0 rings (SSSR count). The van der Waals surface area contributed by atoms with E-state index in [1.54, 1.807) is 0 Å². The van der Waals surface area contributed by atoms with E-state index in [0.717, 1.165) is 0 Å². The molecule has 1 N–H and O–H groups in total. The summed E-state index contributed by atoms with van der Waals surface area (Å²) in [4.78, 5) is 11.5. The lowest BCUT2D eigenvalue weighted by molar-refractivity contribution is -0.207. The number of hydrogen-bond acceptors (Lipinski definition) is 1. The Balaban J connectivity index is 9.49.